The summed E-state index contributed by atoms with van der Waals surface area (Å²) in [5, 5.41) is 20.3. The second-order valence-electron chi connectivity index (χ2n) is 3.34. The molecular weight excluding hydrogens is 325 g/mol. The number of methoxy groups -OCH3 is 1. The maximum Gasteiger partial charge on any atom is 0.273 e. The third-order valence-electron chi connectivity index (χ3n) is 2.06. The van der Waals surface area contributed by atoms with Crippen LogP contribution in [0.3, 0.4) is 0 Å². The summed E-state index contributed by atoms with van der Waals surface area (Å²) in [6.07, 6.45) is -0.495. The number of rotatable bonds is 5. The van der Waals surface area contributed by atoms with E-state index in [2.05, 4.69) is 0 Å². The quantitative estimate of drug-likeness (QED) is 0.505. The van der Waals surface area contributed by atoms with Gasteiger partial charge in [-0.15, -0.1) is 0 Å². The molecule has 0 saturated heterocycles. The molecule has 0 aromatic heterocycles. The van der Waals surface area contributed by atoms with Crippen molar-refractivity contribution in [2.45, 2.75) is 12.5 Å². The molecule has 1 aromatic carbocycles. The lowest BCUT2D eigenvalue weighted by Gasteiger charge is -2.09. The molecule has 0 fully saturated rings. The van der Waals surface area contributed by atoms with E-state index in [0.29, 0.717) is 5.56 Å². The third kappa shape index (κ3) is 3.69. The molecule has 0 radical (unpaired) electrons. The molecule has 0 saturated carbocycles. The first-order valence-electron chi connectivity index (χ1n) is 4.64. The van der Waals surface area contributed by atoms with Gasteiger partial charge in [-0.25, -0.2) is 0 Å². The highest BCUT2D eigenvalue weighted by Crippen LogP contribution is 2.22. The number of nitro groups is 1. The molecule has 1 unspecified atom stereocenters. The topological polar surface area (TPSA) is 72.6 Å². The first-order chi connectivity index (χ1) is 7.54. The highest BCUT2D eigenvalue weighted by Gasteiger charge is 2.16. The SMILES string of the molecule is COCC(O)Cc1ccc(I)cc1[N+](=O)[O-]. The van der Waals surface area contributed by atoms with Crippen LogP contribution in [-0.2, 0) is 11.2 Å². The van der Waals surface area contributed by atoms with Gasteiger partial charge in [-0.3, -0.25) is 10.1 Å². The van der Waals surface area contributed by atoms with Gasteiger partial charge in [0.05, 0.1) is 17.6 Å². The summed E-state index contributed by atoms with van der Waals surface area (Å²) < 4.78 is 5.58. The number of hydrogen-bond donors (Lipinski definition) is 1. The molecule has 0 aliphatic carbocycles. The van der Waals surface area contributed by atoms with E-state index in [9.17, 15) is 15.2 Å². The number of halogens is 1. The molecular formula is C10H12INO4. The third-order valence-corrected chi connectivity index (χ3v) is 2.73. The zero-order chi connectivity index (χ0) is 12.1. The second-order valence-corrected chi connectivity index (χ2v) is 4.59. The molecule has 0 heterocycles. The number of aliphatic hydroxyl groups is 1. The van der Waals surface area contributed by atoms with Crippen molar-refractivity contribution < 1.29 is 14.8 Å². The van der Waals surface area contributed by atoms with Crippen molar-refractivity contribution in [3.05, 3.63) is 37.4 Å². The Morgan fingerprint density at radius 3 is 2.88 bits per heavy atom. The molecule has 6 heteroatoms. The molecule has 88 valence electrons. The van der Waals surface area contributed by atoms with Crippen molar-refractivity contribution in [2.24, 2.45) is 0 Å². The summed E-state index contributed by atoms with van der Waals surface area (Å²) in [6, 6.07) is 4.94. The van der Waals surface area contributed by atoms with E-state index in [0.717, 1.165) is 3.57 Å². The van der Waals surface area contributed by atoms with Gasteiger partial charge in [0.15, 0.2) is 0 Å². The van der Waals surface area contributed by atoms with E-state index in [1.165, 1.54) is 13.2 Å². The molecule has 1 N–H and O–H groups in total. The normalized spacial score (nSPS) is 12.4. The van der Waals surface area contributed by atoms with Crippen molar-refractivity contribution in [1.29, 1.82) is 0 Å². The molecule has 1 aromatic rings. The highest BCUT2D eigenvalue weighted by molar-refractivity contribution is 14.1. The van der Waals surface area contributed by atoms with Crippen LogP contribution in [0.5, 0.6) is 0 Å². The minimum atomic E-state index is -0.719. The molecule has 0 spiro atoms. The Labute approximate surface area is 107 Å². The van der Waals surface area contributed by atoms with Crippen LogP contribution >= 0.6 is 22.6 Å². The van der Waals surface area contributed by atoms with E-state index in [1.54, 1.807) is 12.1 Å². The Balaban J connectivity index is 2.90. The lowest BCUT2D eigenvalue weighted by atomic mass is 10.1. The number of ether oxygens (including phenoxy) is 1. The summed E-state index contributed by atoms with van der Waals surface area (Å²) in [6.45, 7) is 0.170. The van der Waals surface area contributed by atoms with E-state index in [1.807, 2.05) is 22.6 Å². The largest absolute Gasteiger partial charge is 0.390 e. The van der Waals surface area contributed by atoms with Gasteiger partial charge in [-0.05, 0) is 28.7 Å². The van der Waals surface area contributed by atoms with Crippen LogP contribution in [0.1, 0.15) is 5.56 Å². The zero-order valence-corrected chi connectivity index (χ0v) is 10.9. The van der Waals surface area contributed by atoms with Crippen LogP contribution in [0.25, 0.3) is 0 Å². The maximum absolute atomic E-state index is 10.8. The fourth-order valence-corrected chi connectivity index (χ4v) is 1.86. The molecule has 0 amide bonds. The Hall–Kier alpha value is -0.730. The van der Waals surface area contributed by atoms with Crippen molar-refractivity contribution in [1.82, 2.24) is 0 Å². The van der Waals surface area contributed by atoms with E-state index in [4.69, 9.17) is 4.74 Å². The molecule has 16 heavy (non-hydrogen) atoms. The number of nitrogens with zero attached hydrogens (tertiary/aromatic N) is 1. The van der Waals surface area contributed by atoms with E-state index in [-0.39, 0.29) is 18.7 Å². The number of hydrogen-bond acceptors (Lipinski definition) is 4. The standard InChI is InChI=1S/C10H12INO4/c1-16-6-9(13)4-7-2-3-8(11)5-10(7)12(14)15/h2-3,5,9,13H,4,6H2,1H3. The highest BCUT2D eigenvalue weighted by atomic mass is 127. The minimum absolute atomic E-state index is 0.0436. The van der Waals surface area contributed by atoms with E-state index < -0.39 is 11.0 Å². The molecule has 0 aliphatic heterocycles. The molecule has 0 bridgehead atoms. The lowest BCUT2D eigenvalue weighted by molar-refractivity contribution is -0.385. The van der Waals surface area contributed by atoms with Crippen molar-refractivity contribution in [3.8, 4) is 0 Å². The number of aliphatic hydroxyl groups excluding tert-OH is 1. The summed E-state index contributed by atoms with van der Waals surface area (Å²) in [5.41, 5.74) is 0.567. The zero-order valence-electron chi connectivity index (χ0n) is 8.72. The Morgan fingerprint density at radius 2 is 2.31 bits per heavy atom. The first kappa shape index (κ1) is 13.3. The summed E-state index contributed by atoms with van der Waals surface area (Å²) in [5.74, 6) is 0. The maximum atomic E-state index is 10.8. The van der Waals surface area contributed by atoms with E-state index >= 15 is 0 Å². The van der Waals surface area contributed by atoms with Gasteiger partial charge in [0.1, 0.15) is 0 Å². The Morgan fingerprint density at radius 1 is 1.62 bits per heavy atom. The molecule has 1 rings (SSSR count). The van der Waals surface area contributed by atoms with Gasteiger partial charge in [-0.1, -0.05) is 6.07 Å². The summed E-state index contributed by atoms with van der Waals surface area (Å²) >= 11 is 2.01. The van der Waals surface area contributed by atoms with Gasteiger partial charge in [0, 0.05) is 28.7 Å². The van der Waals surface area contributed by atoms with Gasteiger partial charge in [0.25, 0.3) is 5.69 Å². The summed E-state index contributed by atoms with van der Waals surface area (Å²) in [4.78, 5) is 10.4. The average molecular weight is 337 g/mol. The van der Waals surface area contributed by atoms with Gasteiger partial charge in [0.2, 0.25) is 0 Å². The lowest BCUT2D eigenvalue weighted by Crippen LogP contribution is -2.17. The monoisotopic (exact) mass is 337 g/mol. The molecule has 5 nitrogen and oxygen atoms in total. The van der Waals surface area contributed by atoms with Gasteiger partial charge in [-0.2, -0.15) is 0 Å². The Bertz CT molecular complexity index is 383. The second kappa shape index (κ2) is 6.12. The number of benzene rings is 1. The van der Waals surface area contributed by atoms with Crippen LogP contribution < -0.4 is 0 Å². The van der Waals surface area contributed by atoms with Gasteiger partial charge < -0.3 is 9.84 Å². The molecule has 1 atom stereocenters. The van der Waals surface area contributed by atoms with Crippen LogP contribution in [0, 0.1) is 13.7 Å². The van der Waals surface area contributed by atoms with Crippen LogP contribution in [0.2, 0.25) is 0 Å². The smallest absolute Gasteiger partial charge is 0.273 e. The predicted octanol–water partition coefficient (Wildman–Crippen LogP) is 1.75. The van der Waals surface area contributed by atoms with Gasteiger partial charge >= 0.3 is 0 Å². The van der Waals surface area contributed by atoms with Crippen molar-refractivity contribution >= 4 is 28.3 Å². The van der Waals surface area contributed by atoms with Crippen LogP contribution in [-0.4, -0.2) is 29.9 Å². The predicted molar refractivity (Wildman–Crippen MR) is 67.4 cm³/mol. The van der Waals surface area contributed by atoms with Crippen molar-refractivity contribution in [2.75, 3.05) is 13.7 Å². The first-order valence-corrected chi connectivity index (χ1v) is 5.72. The minimum Gasteiger partial charge on any atom is -0.390 e. The fourth-order valence-electron chi connectivity index (χ4n) is 1.38. The van der Waals surface area contributed by atoms with Crippen LogP contribution in [0.4, 0.5) is 5.69 Å². The average Bonchev–Trinajstić information content (AvgIpc) is 2.20. The molecule has 0 aliphatic rings. The number of nitro benzene ring substituents is 1. The van der Waals surface area contributed by atoms with Crippen molar-refractivity contribution in [3.63, 3.8) is 0 Å². The Kier molecular flexibility index (Phi) is 5.10. The van der Waals surface area contributed by atoms with Crippen LogP contribution in [0.15, 0.2) is 18.2 Å². The fraction of sp³-hybridized carbons (Fsp3) is 0.400. The summed E-state index contributed by atoms with van der Waals surface area (Å²) in [7, 11) is 1.48.